The maximum Gasteiger partial charge on any atom is 0.275 e. The SMILES string of the molecule is N#Cc1ccccc1NC(=O)c1cnc(Nc2ccc(Br)cc2)cn1. The summed E-state index contributed by atoms with van der Waals surface area (Å²) in [6.07, 6.45) is 2.86. The number of benzene rings is 2. The molecule has 0 aliphatic heterocycles. The fourth-order valence-electron chi connectivity index (χ4n) is 2.07. The number of nitrogens with zero attached hydrogens (tertiary/aromatic N) is 3. The molecular formula is C18H12BrN5O. The van der Waals surface area contributed by atoms with Gasteiger partial charge in [0.25, 0.3) is 5.91 Å². The number of nitriles is 1. The lowest BCUT2D eigenvalue weighted by Gasteiger charge is -2.08. The Hall–Kier alpha value is -3.24. The summed E-state index contributed by atoms with van der Waals surface area (Å²) in [5.41, 5.74) is 1.85. The summed E-state index contributed by atoms with van der Waals surface area (Å²) in [5.74, 6) is 0.0988. The van der Waals surface area contributed by atoms with Crippen molar-refractivity contribution in [2.45, 2.75) is 0 Å². The summed E-state index contributed by atoms with van der Waals surface area (Å²) in [4.78, 5) is 20.5. The van der Waals surface area contributed by atoms with Gasteiger partial charge >= 0.3 is 0 Å². The largest absolute Gasteiger partial charge is 0.339 e. The Morgan fingerprint density at radius 1 is 1.04 bits per heavy atom. The zero-order valence-corrected chi connectivity index (χ0v) is 14.5. The van der Waals surface area contributed by atoms with Crippen molar-refractivity contribution in [3.63, 3.8) is 0 Å². The highest BCUT2D eigenvalue weighted by molar-refractivity contribution is 9.10. The lowest BCUT2D eigenvalue weighted by atomic mass is 10.2. The number of amides is 1. The van der Waals surface area contributed by atoms with E-state index in [0.29, 0.717) is 17.1 Å². The number of carbonyl (C=O) groups is 1. The van der Waals surface area contributed by atoms with E-state index >= 15 is 0 Å². The lowest BCUT2D eigenvalue weighted by Crippen LogP contribution is -2.15. The van der Waals surface area contributed by atoms with Crippen LogP contribution in [0.1, 0.15) is 16.1 Å². The molecule has 122 valence electrons. The fraction of sp³-hybridized carbons (Fsp3) is 0. The topological polar surface area (TPSA) is 90.7 Å². The third-order valence-electron chi connectivity index (χ3n) is 3.30. The lowest BCUT2D eigenvalue weighted by molar-refractivity contribution is 0.102. The normalized spacial score (nSPS) is 9.92. The number of hydrogen-bond donors (Lipinski definition) is 2. The number of para-hydroxylation sites is 1. The van der Waals surface area contributed by atoms with Gasteiger partial charge in [-0.15, -0.1) is 0 Å². The first kappa shape index (κ1) is 16.6. The van der Waals surface area contributed by atoms with Crippen LogP contribution >= 0.6 is 15.9 Å². The van der Waals surface area contributed by atoms with E-state index in [4.69, 9.17) is 5.26 Å². The third kappa shape index (κ3) is 4.19. The Kier molecular flexibility index (Phi) is 5.02. The summed E-state index contributed by atoms with van der Waals surface area (Å²) < 4.78 is 0.980. The Balaban J connectivity index is 1.70. The molecule has 7 heteroatoms. The number of aromatic nitrogens is 2. The van der Waals surface area contributed by atoms with Crippen molar-refractivity contribution >= 4 is 39.0 Å². The Morgan fingerprint density at radius 2 is 1.80 bits per heavy atom. The van der Waals surface area contributed by atoms with Gasteiger partial charge in [-0.25, -0.2) is 9.97 Å². The van der Waals surface area contributed by atoms with Crippen LogP contribution in [-0.2, 0) is 0 Å². The van der Waals surface area contributed by atoms with Gasteiger partial charge in [0.1, 0.15) is 17.6 Å². The number of carbonyl (C=O) groups excluding carboxylic acids is 1. The minimum Gasteiger partial charge on any atom is -0.339 e. The summed E-state index contributed by atoms with van der Waals surface area (Å²) in [5, 5.41) is 14.8. The average Bonchev–Trinajstić information content (AvgIpc) is 2.64. The first-order valence-electron chi connectivity index (χ1n) is 7.31. The molecule has 2 aromatic carbocycles. The molecule has 1 heterocycles. The maximum absolute atomic E-state index is 12.2. The first-order valence-corrected chi connectivity index (χ1v) is 8.10. The van der Waals surface area contributed by atoms with E-state index in [1.54, 1.807) is 24.3 Å². The first-order chi connectivity index (χ1) is 12.2. The molecule has 0 unspecified atom stereocenters. The van der Waals surface area contributed by atoms with Crippen molar-refractivity contribution in [2.75, 3.05) is 10.6 Å². The molecule has 2 N–H and O–H groups in total. The van der Waals surface area contributed by atoms with E-state index < -0.39 is 5.91 Å². The minimum absolute atomic E-state index is 0.161. The van der Waals surface area contributed by atoms with Crippen LogP contribution in [0.4, 0.5) is 17.2 Å². The van der Waals surface area contributed by atoms with Gasteiger partial charge in [-0.05, 0) is 36.4 Å². The molecule has 25 heavy (non-hydrogen) atoms. The molecule has 0 fully saturated rings. The maximum atomic E-state index is 12.2. The molecule has 0 saturated carbocycles. The summed E-state index contributed by atoms with van der Waals surface area (Å²) in [6.45, 7) is 0. The monoisotopic (exact) mass is 393 g/mol. The molecule has 0 atom stereocenters. The van der Waals surface area contributed by atoms with Crippen LogP contribution in [0.15, 0.2) is 65.4 Å². The highest BCUT2D eigenvalue weighted by Crippen LogP contribution is 2.18. The van der Waals surface area contributed by atoms with Gasteiger partial charge in [-0.1, -0.05) is 28.1 Å². The second-order valence-electron chi connectivity index (χ2n) is 5.03. The van der Waals surface area contributed by atoms with Crippen molar-refractivity contribution in [2.24, 2.45) is 0 Å². The predicted molar refractivity (Wildman–Crippen MR) is 98.6 cm³/mol. The summed E-state index contributed by atoms with van der Waals surface area (Å²) in [7, 11) is 0. The Bertz CT molecular complexity index is 933. The van der Waals surface area contributed by atoms with Crippen LogP contribution in [0, 0.1) is 11.3 Å². The van der Waals surface area contributed by atoms with Gasteiger partial charge in [0.05, 0.1) is 23.6 Å². The van der Waals surface area contributed by atoms with Gasteiger partial charge in [0.15, 0.2) is 0 Å². The molecule has 0 spiro atoms. The molecule has 0 radical (unpaired) electrons. The highest BCUT2D eigenvalue weighted by Gasteiger charge is 2.11. The molecule has 1 amide bonds. The Morgan fingerprint density at radius 3 is 2.48 bits per heavy atom. The molecule has 0 aliphatic carbocycles. The van der Waals surface area contributed by atoms with Crippen molar-refractivity contribution < 1.29 is 4.79 Å². The van der Waals surface area contributed by atoms with Crippen LogP contribution in [0.5, 0.6) is 0 Å². The second-order valence-corrected chi connectivity index (χ2v) is 5.95. The minimum atomic E-state index is -0.426. The van der Waals surface area contributed by atoms with Crippen molar-refractivity contribution in [3.8, 4) is 6.07 Å². The van der Waals surface area contributed by atoms with E-state index in [9.17, 15) is 4.79 Å². The van der Waals surface area contributed by atoms with Crippen LogP contribution in [0.25, 0.3) is 0 Å². The zero-order valence-electron chi connectivity index (χ0n) is 12.9. The number of nitrogens with one attached hydrogen (secondary N) is 2. The Labute approximate surface area is 152 Å². The molecular weight excluding hydrogens is 382 g/mol. The molecule has 0 saturated heterocycles. The van der Waals surface area contributed by atoms with Gasteiger partial charge in [-0.2, -0.15) is 5.26 Å². The summed E-state index contributed by atoms with van der Waals surface area (Å²) >= 11 is 3.37. The molecule has 3 aromatic rings. The molecule has 6 nitrogen and oxygen atoms in total. The number of hydrogen-bond acceptors (Lipinski definition) is 5. The fourth-order valence-corrected chi connectivity index (χ4v) is 2.33. The molecule has 1 aromatic heterocycles. The molecule has 0 aliphatic rings. The van der Waals surface area contributed by atoms with Crippen LogP contribution < -0.4 is 10.6 Å². The van der Waals surface area contributed by atoms with Gasteiger partial charge in [0, 0.05) is 10.2 Å². The number of halogens is 1. The van der Waals surface area contributed by atoms with E-state index in [-0.39, 0.29) is 5.69 Å². The van der Waals surface area contributed by atoms with E-state index in [1.807, 2.05) is 30.3 Å². The van der Waals surface area contributed by atoms with Crippen molar-refractivity contribution in [1.29, 1.82) is 5.26 Å². The van der Waals surface area contributed by atoms with Gasteiger partial charge in [-0.3, -0.25) is 4.79 Å². The van der Waals surface area contributed by atoms with Gasteiger partial charge in [0.2, 0.25) is 0 Å². The standard InChI is InChI=1S/C18H12BrN5O/c19-13-5-7-14(8-6-13)23-17-11-21-16(10-22-17)18(25)24-15-4-2-1-3-12(15)9-20/h1-8,10-11H,(H,22,23)(H,24,25). The van der Waals surface area contributed by atoms with Crippen LogP contribution in [-0.4, -0.2) is 15.9 Å². The number of rotatable bonds is 4. The zero-order chi connectivity index (χ0) is 17.6. The van der Waals surface area contributed by atoms with E-state index in [2.05, 4.69) is 36.5 Å². The summed E-state index contributed by atoms with van der Waals surface area (Å²) in [6, 6.07) is 16.4. The van der Waals surface area contributed by atoms with E-state index in [0.717, 1.165) is 10.2 Å². The van der Waals surface area contributed by atoms with Crippen molar-refractivity contribution in [3.05, 3.63) is 76.7 Å². The molecule has 3 rings (SSSR count). The van der Waals surface area contributed by atoms with Crippen molar-refractivity contribution in [1.82, 2.24) is 9.97 Å². The average molecular weight is 394 g/mol. The predicted octanol–water partition coefficient (Wildman–Crippen LogP) is 4.11. The number of anilines is 3. The highest BCUT2D eigenvalue weighted by atomic mass is 79.9. The smallest absolute Gasteiger partial charge is 0.275 e. The quantitative estimate of drug-likeness (QED) is 0.695. The van der Waals surface area contributed by atoms with E-state index in [1.165, 1.54) is 12.4 Å². The van der Waals surface area contributed by atoms with Crippen LogP contribution in [0.3, 0.4) is 0 Å². The van der Waals surface area contributed by atoms with Crippen LogP contribution in [0.2, 0.25) is 0 Å². The van der Waals surface area contributed by atoms with Gasteiger partial charge < -0.3 is 10.6 Å². The second kappa shape index (κ2) is 7.55. The third-order valence-corrected chi connectivity index (χ3v) is 3.83. The molecule has 0 bridgehead atoms.